The van der Waals surface area contributed by atoms with Gasteiger partial charge in [0.15, 0.2) is 0 Å². The standard InChI is InChI=1S/C47H80N4O2/c1-3-5-7-9-10-11-12-13-14-15-16-17-18-21-24-28-40-48-47(52)49-41-29-25-22-19-20-23-26-30-42-53-46-38-36-45(37-39-46)51-50-44-34-32-43(33-35-44)31-27-8-6-4-2/h32-39H,3-31,40-42H2,1-2H3,(H2,48,49,52). The Hall–Kier alpha value is -2.89. The van der Waals surface area contributed by atoms with Crippen LogP contribution in [0.25, 0.3) is 0 Å². The highest BCUT2D eigenvalue weighted by Crippen LogP contribution is 2.22. The number of carbonyl (C=O) groups is 1. The lowest BCUT2D eigenvalue weighted by Crippen LogP contribution is -2.36. The second-order valence-corrected chi connectivity index (χ2v) is 15.3. The molecule has 6 nitrogen and oxygen atoms in total. The summed E-state index contributed by atoms with van der Waals surface area (Å²) in [5.41, 5.74) is 3.09. The number of nitrogens with zero attached hydrogens (tertiary/aromatic N) is 2. The Morgan fingerprint density at radius 1 is 0.453 bits per heavy atom. The van der Waals surface area contributed by atoms with Crippen LogP contribution in [0.2, 0.25) is 0 Å². The molecule has 0 aromatic heterocycles. The summed E-state index contributed by atoms with van der Waals surface area (Å²) in [5.74, 6) is 0.888. The minimum absolute atomic E-state index is 0.000659. The third-order valence-corrected chi connectivity index (χ3v) is 10.3. The number of ether oxygens (including phenoxy) is 1. The molecule has 0 bridgehead atoms. The van der Waals surface area contributed by atoms with Crippen LogP contribution in [0.3, 0.4) is 0 Å². The molecule has 0 saturated heterocycles. The Balaban J connectivity index is 1.30. The summed E-state index contributed by atoms with van der Waals surface area (Å²) in [6.45, 7) is 6.86. The number of carbonyl (C=O) groups excluding carboxylic acids is 1. The van der Waals surface area contributed by atoms with Gasteiger partial charge < -0.3 is 15.4 Å². The first kappa shape index (κ1) is 46.3. The summed E-state index contributed by atoms with van der Waals surface area (Å²) in [4.78, 5) is 12.0. The van der Waals surface area contributed by atoms with Crippen molar-refractivity contribution in [3.05, 3.63) is 54.1 Å². The lowest BCUT2D eigenvalue weighted by Gasteiger charge is -2.08. The highest BCUT2D eigenvalue weighted by molar-refractivity contribution is 5.73. The molecule has 2 rings (SSSR count). The van der Waals surface area contributed by atoms with E-state index in [0.29, 0.717) is 0 Å². The Bertz CT molecular complexity index is 1120. The van der Waals surface area contributed by atoms with Crippen molar-refractivity contribution in [1.82, 2.24) is 10.6 Å². The van der Waals surface area contributed by atoms with Crippen molar-refractivity contribution in [2.45, 2.75) is 200 Å². The average molecular weight is 733 g/mol. The smallest absolute Gasteiger partial charge is 0.314 e. The highest BCUT2D eigenvalue weighted by atomic mass is 16.5. The molecular formula is C47H80N4O2. The van der Waals surface area contributed by atoms with E-state index >= 15 is 0 Å². The van der Waals surface area contributed by atoms with Crippen LogP contribution in [-0.2, 0) is 6.42 Å². The zero-order chi connectivity index (χ0) is 37.7. The van der Waals surface area contributed by atoms with Gasteiger partial charge in [-0.05, 0) is 74.1 Å². The summed E-state index contributed by atoms with van der Waals surface area (Å²) < 4.78 is 5.94. The maximum atomic E-state index is 12.0. The molecule has 2 amide bonds. The predicted octanol–water partition coefficient (Wildman–Crippen LogP) is 15.3. The van der Waals surface area contributed by atoms with Gasteiger partial charge in [-0.25, -0.2) is 4.79 Å². The van der Waals surface area contributed by atoms with Crippen LogP contribution in [0.1, 0.15) is 199 Å². The molecule has 0 unspecified atom stereocenters. The Morgan fingerprint density at radius 3 is 1.25 bits per heavy atom. The molecule has 0 atom stereocenters. The molecule has 0 fully saturated rings. The van der Waals surface area contributed by atoms with Gasteiger partial charge in [0.2, 0.25) is 0 Å². The number of azo groups is 1. The summed E-state index contributed by atoms with van der Waals surface area (Å²) in [5, 5.41) is 14.8. The van der Waals surface area contributed by atoms with Gasteiger partial charge >= 0.3 is 6.03 Å². The average Bonchev–Trinajstić information content (AvgIpc) is 3.18. The van der Waals surface area contributed by atoms with E-state index in [1.807, 2.05) is 24.3 Å². The second-order valence-electron chi connectivity index (χ2n) is 15.3. The fourth-order valence-corrected chi connectivity index (χ4v) is 6.83. The molecule has 0 aliphatic heterocycles. The van der Waals surface area contributed by atoms with Crippen molar-refractivity contribution >= 4 is 17.4 Å². The molecule has 0 radical (unpaired) electrons. The first-order valence-electron chi connectivity index (χ1n) is 22.5. The van der Waals surface area contributed by atoms with E-state index in [2.05, 4.69) is 59.0 Å². The lowest BCUT2D eigenvalue weighted by molar-refractivity contribution is 0.240. The SMILES string of the molecule is CCCCCCCCCCCCCCCCCCNC(=O)NCCCCCCCCCCOc1ccc(N=Nc2ccc(CCCCCC)cc2)cc1. The van der Waals surface area contributed by atoms with Crippen LogP contribution >= 0.6 is 0 Å². The van der Waals surface area contributed by atoms with Gasteiger partial charge in [0.25, 0.3) is 0 Å². The minimum Gasteiger partial charge on any atom is -0.494 e. The molecule has 53 heavy (non-hydrogen) atoms. The third kappa shape index (κ3) is 28.3. The van der Waals surface area contributed by atoms with E-state index in [1.165, 1.54) is 166 Å². The van der Waals surface area contributed by atoms with Gasteiger partial charge in [-0.1, -0.05) is 180 Å². The van der Waals surface area contributed by atoms with Crippen molar-refractivity contribution in [2.24, 2.45) is 10.2 Å². The molecule has 0 spiro atoms. The van der Waals surface area contributed by atoms with Crippen molar-refractivity contribution in [3.8, 4) is 5.75 Å². The van der Waals surface area contributed by atoms with Crippen molar-refractivity contribution in [3.63, 3.8) is 0 Å². The summed E-state index contributed by atoms with van der Waals surface area (Å²) in [6, 6.07) is 16.3. The van der Waals surface area contributed by atoms with Crippen LogP contribution < -0.4 is 15.4 Å². The van der Waals surface area contributed by atoms with Crippen molar-refractivity contribution in [1.29, 1.82) is 0 Å². The Kier molecular flexibility index (Phi) is 30.4. The Morgan fingerprint density at radius 2 is 0.811 bits per heavy atom. The van der Waals surface area contributed by atoms with Crippen LogP contribution in [0, 0.1) is 0 Å². The van der Waals surface area contributed by atoms with Gasteiger partial charge in [-0.15, -0.1) is 0 Å². The quantitative estimate of drug-likeness (QED) is 0.0540. The van der Waals surface area contributed by atoms with Crippen LogP contribution in [0.5, 0.6) is 5.75 Å². The summed E-state index contributed by atoms with van der Waals surface area (Å²) in [7, 11) is 0. The monoisotopic (exact) mass is 733 g/mol. The number of hydrogen-bond acceptors (Lipinski definition) is 4. The number of urea groups is 1. The van der Waals surface area contributed by atoms with E-state index in [9.17, 15) is 4.79 Å². The van der Waals surface area contributed by atoms with Crippen molar-refractivity contribution < 1.29 is 9.53 Å². The van der Waals surface area contributed by atoms with Gasteiger partial charge in [-0.2, -0.15) is 10.2 Å². The number of hydrogen-bond donors (Lipinski definition) is 2. The third-order valence-electron chi connectivity index (χ3n) is 10.3. The maximum Gasteiger partial charge on any atom is 0.314 e. The maximum absolute atomic E-state index is 12.0. The van der Waals surface area contributed by atoms with Gasteiger partial charge in [-0.3, -0.25) is 0 Å². The predicted molar refractivity (Wildman–Crippen MR) is 228 cm³/mol. The van der Waals surface area contributed by atoms with Crippen LogP contribution in [0.4, 0.5) is 16.2 Å². The van der Waals surface area contributed by atoms with Gasteiger partial charge in [0, 0.05) is 13.1 Å². The number of nitrogens with one attached hydrogen (secondary N) is 2. The molecule has 2 N–H and O–H groups in total. The number of rotatable bonds is 36. The molecular weight excluding hydrogens is 653 g/mol. The molecule has 6 heteroatoms. The summed E-state index contributed by atoms with van der Waals surface area (Å²) in [6.07, 6.45) is 37.8. The fraction of sp³-hybridized carbons (Fsp3) is 0.723. The molecule has 0 saturated carbocycles. The largest absolute Gasteiger partial charge is 0.494 e. The molecule has 0 heterocycles. The molecule has 0 aliphatic carbocycles. The lowest BCUT2D eigenvalue weighted by atomic mass is 10.0. The van der Waals surface area contributed by atoms with Gasteiger partial charge in [0.05, 0.1) is 18.0 Å². The number of amides is 2. The minimum atomic E-state index is -0.000659. The molecule has 2 aromatic rings. The highest BCUT2D eigenvalue weighted by Gasteiger charge is 2.01. The van der Waals surface area contributed by atoms with E-state index in [1.54, 1.807) is 0 Å². The number of benzene rings is 2. The summed E-state index contributed by atoms with van der Waals surface area (Å²) >= 11 is 0. The van der Waals surface area contributed by atoms with Crippen LogP contribution in [-0.4, -0.2) is 25.7 Å². The zero-order valence-electron chi connectivity index (χ0n) is 34.5. The van der Waals surface area contributed by atoms with E-state index < -0.39 is 0 Å². The zero-order valence-corrected chi connectivity index (χ0v) is 34.5. The molecule has 2 aromatic carbocycles. The van der Waals surface area contributed by atoms with E-state index in [4.69, 9.17) is 4.74 Å². The topological polar surface area (TPSA) is 75.1 Å². The first-order chi connectivity index (χ1) is 26.2. The second kappa shape index (κ2) is 34.9. The Labute approximate surface area is 326 Å². The van der Waals surface area contributed by atoms with Gasteiger partial charge in [0.1, 0.15) is 5.75 Å². The van der Waals surface area contributed by atoms with E-state index in [-0.39, 0.29) is 6.03 Å². The number of aryl methyl sites for hydroxylation is 1. The van der Waals surface area contributed by atoms with E-state index in [0.717, 1.165) is 62.5 Å². The fourth-order valence-electron chi connectivity index (χ4n) is 6.83. The first-order valence-corrected chi connectivity index (χ1v) is 22.5. The normalized spacial score (nSPS) is 11.4. The molecule has 300 valence electrons. The van der Waals surface area contributed by atoms with Crippen molar-refractivity contribution in [2.75, 3.05) is 19.7 Å². The molecule has 0 aliphatic rings. The van der Waals surface area contributed by atoms with Crippen LogP contribution in [0.15, 0.2) is 58.8 Å². The number of unbranched alkanes of at least 4 members (excludes halogenated alkanes) is 25.